The van der Waals surface area contributed by atoms with E-state index in [0.717, 1.165) is 17.3 Å². The molecule has 2 fully saturated rings. The Balaban J connectivity index is 1.60. The summed E-state index contributed by atoms with van der Waals surface area (Å²) in [5.41, 5.74) is 0.763. The van der Waals surface area contributed by atoms with Crippen LogP contribution in [0.3, 0.4) is 0 Å². The first-order valence-corrected chi connectivity index (χ1v) is 8.30. The summed E-state index contributed by atoms with van der Waals surface area (Å²) in [6, 6.07) is 7.34. The lowest BCUT2D eigenvalue weighted by Crippen LogP contribution is -2.36. The number of carboxylic acid groups (broad SMARTS) is 1. The molecule has 5 heteroatoms. The molecule has 0 aliphatic heterocycles. The maximum atomic E-state index is 12.7. The van der Waals surface area contributed by atoms with Crippen LogP contribution in [0.15, 0.2) is 40.9 Å². The SMILES string of the molecule is O=C(O)[C@@H]1[C@H](C(=O)Nc2ccc(Br)cc2)[C@@H]2C=C[C@H]1C21CC1. The van der Waals surface area contributed by atoms with Crippen molar-refractivity contribution in [3.05, 3.63) is 40.9 Å². The lowest BCUT2D eigenvalue weighted by molar-refractivity contribution is -0.146. The average Bonchev–Trinajstić information content (AvgIpc) is 3.15. The van der Waals surface area contributed by atoms with Gasteiger partial charge in [0.15, 0.2) is 0 Å². The van der Waals surface area contributed by atoms with Gasteiger partial charge in [-0.15, -0.1) is 0 Å². The smallest absolute Gasteiger partial charge is 0.307 e. The molecule has 2 bridgehead atoms. The van der Waals surface area contributed by atoms with Gasteiger partial charge in [0, 0.05) is 10.2 Å². The molecule has 0 radical (unpaired) electrons. The highest BCUT2D eigenvalue weighted by molar-refractivity contribution is 9.10. The van der Waals surface area contributed by atoms with Gasteiger partial charge in [-0.2, -0.15) is 0 Å². The Kier molecular flexibility index (Phi) is 2.98. The minimum atomic E-state index is -0.848. The molecule has 1 amide bonds. The van der Waals surface area contributed by atoms with Gasteiger partial charge in [0.05, 0.1) is 11.8 Å². The molecule has 0 unspecified atom stereocenters. The third kappa shape index (κ3) is 1.88. The Morgan fingerprint density at radius 3 is 2.23 bits per heavy atom. The Morgan fingerprint density at radius 2 is 1.68 bits per heavy atom. The number of carbonyl (C=O) groups excluding carboxylic acids is 1. The van der Waals surface area contributed by atoms with E-state index in [1.807, 2.05) is 30.3 Å². The van der Waals surface area contributed by atoms with Crippen molar-refractivity contribution in [2.75, 3.05) is 5.32 Å². The van der Waals surface area contributed by atoms with Crippen molar-refractivity contribution < 1.29 is 14.7 Å². The third-order valence-electron chi connectivity index (χ3n) is 5.54. The number of hydrogen-bond donors (Lipinski definition) is 2. The number of benzene rings is 1. The van der Waals surface area contributed by atoms with Crippen LogP contribution in [0.1, 0.15) is 12.8 Å². The van der Waals surface area contributed by atoms with Crippen LogP contribution in [0.5, 0.6) is 0 Å². The molecule has 4 nitrogen and oxygen atoms in total. The number of anilines is 1. The second-order valence-corrected chi connectivity index (χ2v) is 7.47. The topological polar surface area (TPSA) is 66.4 Å². The van der Waals surface area contributed by atoms with E-state index < -0.39 is 17.8 Å². The van der Waals surface area contributed by atoms with E-state index in [-0.39, 0.29) is 23.2 Å². The molecule has 4 rings (SSSR count). The summed E-state index contributed by atoms with van der Waals surface area (Å²) >= 11 is 3.36. The maximum absolute atomic E-state index is 12.7. The zero-order valence-electron chi connectivity index (χ0n) is 11.8. The van der Waals surface area contributed by atoms with E-state index in [2.05, 4.69) is 27.3 Å². The van der Waals surface area contributed by atoms with Crippen molar-refractivity contribution in [2.45, 2.75) is 12.8 Å². The van der Waals surface area contributed by atoms with E-state index >= 15 is 0 Å². The standard InChI is InChI=1S/C17H16BrNO3/c18-9-1-3-10(4-2-9)19-15(20)13-11-5-6-12(14(13)16(21)22)17(11)7-8-17/h1-6,11-14H,7-8H2,(H,19,20)(H,21,22)/t11-,12+,13+,14-/m0/s1. The first kappa shape index (κ1) is 14.0. The number of nitrogens with one attached hydrogen (secondary N) is 1. The van der Waals surface area contributed by atoms with Crippen molar-refractivity contribution in [1.82, 2.24) is 0 Å². The fourth-order valence-corrected chi connectivity index (χ4v) is 4.71. The second kappa shape index (κ2) is 4.69. The van der Waals surface area contributed by atoms with Gasteiger partial charge in [-0.3, -0.25) is 9.59 Å². The van der Waals surface area contributed by atoms with Gasteiger partial charge in [-0.25, -0.2) is 0 Å². The molecule has 0 aromatic heterocycles. The fourth-order valence-electron chi connectivity index (χ4n) is 4.45. The van der Waals surface area contributed by atoms with Gasteiger partial charge in [0.2, 0.25) is 5.91 Å². The molecule has 0 saturated heterocycles. The molecule has 2 N–H and O–H groups in total. The van der Waals surface area contributed by atoms with Gasteiger partial charge in [-0.1, -0.05) is 28.1 Å². The average molecular weight is 362 g/mol. The van der Waals surface area contributed by atoms with Crippen LogP contribution in [-0.2, 0) is 9.59 Å². The monoisotopic (exact) mass is 361 g/mol. The normalized spacial score (nSPS) is 33.1. The van der Waals surface area contributed by atoms with Crippen LogP contribution >= 0.6 is 15.9 Å². The zero-order valence-corrected chi connectivity index (χ0v) is 13.4. The number of carbonyl (C=O) groups is 2. The number of aliphatic carboxylic acids is 1. The number of halogens is 1. The molecule has 3 aliphatic rings. The van der Waals surface area contributed by atoms with Crippen LogP contribution < -0.4 is 5.32 Å². The summed E-state index contributed by atoms with van der Waals surface area (Å²) in [5.74, 6) is -1.96. The number of amides is 1. The molecule has 2 saturated carbocycles. The molecular formula is C17H16BrNO3. The van der Waals surface area contributed by atoms with Crippen LogP contribution in [-0.4, -0.2) is 17.0 Å². The number of allylic oxidation sites excluding steroid dienone is 2. The minimum Gasteiger partial charge on any atom is -0.481 e. The Morgan fingerprint density at radius 1 is 1.09 bits per heavy atom. The lowest BCUT2D eigenvalue weighted by atomic mass is 9.82. The number of hydrogen-bond acceptors (Lipinski definition) is 2. The summed E-state index contributed by atoms with van der Waals surface area (Å²) in [4.78, 5) is 24.4. The molecule has 114 valence electrons. The van der Waals surface area contributed by atoms with Crippen LogP contribution in [0, 0.1) is 29.1 Å². The quantitative estimate of drug-likeness (QED) is 0.811. The molecule has 1 aromatic rings. The molecule has 22 heavy (non-hydrogen) atoms. The van der Waals surface area contributed by atoms with Crippen molar-refractivity contribution in [3.63, 3.8) is 0 Å². The molecular weight excluding hydrogens is 346 g/mol. The molecule has 1 spiro atoms. The highest BCUT2D eigenvalue weighted by Gasteiger charge is 2.70. The van der Waals surface area contributed by atoms with Crippen molar-refractivity contribution >= 4 is 33.5 Å². The van der Waals surface area contributed by atoms with Crippen molar-refractivity contribution in [1.29, 1.82) is 0 Å². The van der Waals surface area contributed by atoms with Crippen LogP contribution in [0.4, 0.5) is 5.69 Å². The van der Waals surface area contributed by atoms with E-state index in [1.165, 1.54) is 0 Å². The first-order valence-electron chi connectivity index (χ1n) is 7.50. The lowest BCUT2D eigenvalue weighted by Gasteiger charge is -2.23. The zero-order chi connectivity index (χ0) is 15.5. The van der Waals surface area contributed by atoms with E-state index in [0.29, 0.717) is 5.69 Å². The Hall–Kier alpha value is -1.62. The van der Waals surface area contributed by atoms with Crippen LogP contribution in [0.25, 0.3) is 0 Å². The predicted molar refractivity (Wildman–Crippen MR) is 85.2 cm³/mol. The van der Waals surface area contributed by atoms with E-state index in [9.17, 15) is 14.7 Å². The summed E-state index contributed by atoms with van der Waals surface area (Å²) in [6.45, 7) is 0. The van der Waals surface area contributed by atoms with Gasteiger partial charge in [0.25, 0.3) is 0 Å². The first-order chi connectivity index (χ1) is 10.5. The fraction of sp³-hybridized carbons (Fsp3) is 0.412. The minimum absolute atomic E-state index is 0.0238. The number of carboxylic acids is 1. The molecule has 1 aromatic carbocycles. The Labute approximate surface area is 136 Å². The largest absolute Gasteiger partial charge is 0.481 e. The Bertz CT molecular complexity index is 678. The summed E-state index contributed by atoms with van der Waals surface area (Å²) in [6.07, 6.45) is 6.19. The van der Waals surface area contributed by atoms with E-state index in [1.54, 1.807) is 0 Å². The van der Waals surface area contributed by atoms with Crippen molar-refractivity contribution in [2.24, 2.45) is 29.1 Å². The summed E-state index contributed by atoms with van der Waals surface area (Å²) < 4.78 is 0.939. The molecule has 0 heterocycles. The molecule has 4 atom stereocenters. The predicted octanol–water partition coefficient (Wildman–Crippen LogP) is 3.30. The summed E-state index contributed by atoms with van der Waals surface area (Å²) in [5, 5.41) is 12.5. The van der Waals surface area contributed by atoms with E-state index in [4.69, 9.17) is 0 Å². The van der Waals surface area contributed by atoms with Crippen molar-refractivity contribution in [3.8, 4) is 0 Å². The third-order valence-corrected chi connectivity index (χ3v) is 6.07. The summed E-state index contributed by atoms with van der Waals surface area (Å²) in [7, 11) is 0. The number of rotatable bonds is 3. The van der Waals surface area contributed by atoms with Gasteiger partial charge in [-0.05, 0) is 54.4 Å². The maximum Gasteiger partial charge on any atom is 0.307 e. The highest BCUT2D eigenvalue weighted by Crippen LogP contribution is 2.72. The van der Waals surface area contributed by atoms with Gasteiger partial charge < -0.3 is 10.4 Å². The second-order valence-electron chi connectivity index (χ2n) is 6.56. The molecule has 3 aliphatic carbocycles. The van der Waals surface area contributed by atoms with Gasteiger partial charge in [0.1, 0.15) is 0 Å². The van der Waals surface area contributed by atoms with Crippen LogP contribution in [0.2, 0.25) is 0 Å². The van der Waals surface area contributed by atoms with Gasteiger partial charge >= 0.3 is 5.97 Å². The highest BCUT2D eigenvalue weighted by atomic mass is 79.9.